The lowest BCUT2D eigenvalue weighted by molar-refractivity contribution is -0.123. The Labute approximate surface area is 167 Å². The van der Waals surface area contributed by atoms with Crippen molar-refractivity contribution in [2.75, 3.05) is 13.7 Å². The third-order valence-electron chi connectivity index (χ3n) is 4.07. The van der Waals surface area contributed by atoms with Gasteiger partial charge in [-0.05, 0) is 36.2 Å². The molecule has 0 aliphatic carbocycles. The summed E-state index contributed by atoms with van der Waals surface area (Å²) in [4.78, 5) is 24.3. The van der Waals surface area contributed by atoms with Gasteiger partial charge in [0.15, 0.2) is 18.1 Å². The second kappa shape index (κ2) is 9.36. The molecule has 0 aliphatic rings. The molecule has 0 radical (unpaired) electrons. The summed E-state index contributed by atoms with van der Waals surface area (Å²) in [5.41, 5.74) is 3.82. The van der Waals surface area contributed by atoms with E-state index >= 15 is 0 Å². The van der Waals surface area contributed by atoms with Crippen molar-refractivity contribution in [3.8, 4) is 11.5 Å². The summed E-state index contributed by atoms with van der Waals surface area (Å²) < 4.78 is 16.2. The van der Waals surface area contributed by atoms with Crippen molar-refractivity contribution >= 4 is 23.1 Å². The predicted octanol–water partition coefficient (Wildman–Crippen LogP) is 3.06. The Hall–Kier alpha value is -3.87. The fourth-order valence-corrected chi connectivity index (χ4v) is 2.66. The van der Waals surface area contributed by atoms with Crippen LogP contribution in [0.25, 0.3) is 11.0 Å². The average molecular weight is 392 g/mol. The molecule has 1 aromatic heterocycles. The minimum atomic E-state index is -0.483. The summed E-state index contributed by atoms with van der Waals surface area (Å²) in [5.74, 6) is 0.479. The highest BCUT2D eigenvalue weighted by Crippen LogP contribution is 2.28. The topological polar surface area (TPSA) is 90.1 Å². The van der Waals surface area contributed by atoms with Crippen molar-refractivity contribution in [3.63, 3.8) is 0 Å². The van der Waals surface area contributed by atoms with Gasteiger partial charge in [-0.1, -0.05) is 24.3 Å². The van der Waals surface area contributed by atoms with Crippen LogP contribution in [0.4, 0.5) is 0 Å². The maximum Gasteiger partial charge on any atom is 0.277 e. The van der Waals surface area contributed by atoms with Crippen LogP contribution in [-0.4, -0.2) is 25.8 Å². The lowest BCUT2D eigenvalue weighted by Crippen LogP contribution is -2.25. The zero-order valence-corrected chi connectivity index (χ0v) is 15.9. The number of allylic oxidation sites excluding steroid dienone is 1. The molecule has 1 heterocycles. The molecule has 0 aliphatic heterocycles. The van der Waals surface area contributed by atoms with Crippen molar-refractivity contribution < 1.29 is 18.7 Å². The molecular weight excluding hydrogens is 372 g/mol. The normalized spacial score (nSPS) is 10.8. The lowest BCUT2D eigenvalue weighted by Gasteiger charge is -2.11. The number of amides is 1. The van der Waals surface area contributed by atoms with Crippen LogP contribution < -0.4 is 20.3 Å². The van der Waals surface area contributed by atoms with Gasteiger partial charge in [-0.2, -0.15) is 5.10 Å². The van der Waals surface area contributed by atoms with Crippen molar-refractivity contribution in [1.82, 2.24) is 5.43 Å². The molecule has 7 nitrogen and oxygen atoms in total. The maximum absolute atomic E-state index is 12.4. The van der Waals surface area contributed by atoms with Crippen molar-refractivity contribution in [1.29, 1.82) is 0 Å². The highest BCUT2D eigenvalue weighted by molar-refractivity contribution is 5.87. The molecule has 0 bridgehead atoms. The third kappa shape index (κ3) is 4.90. The van der Waals surface area contributed by atoms with E-state index in [1.165, 1.54) is 19.6 Å². The van der Waals surface area contributed by atoms with Crippen LogP contribution in [0.3, 0.4) is 0 Å². The van der Waals surface area contributed by atoms with E-state index in [2.05, 4.69) is 17.1 Å². The van der Waals surface area contributed by atoms with Crippen molar-refractivity contribution in [2.24, 2.45) is 5.10 Å². The van der Waals surface area contributed by atoms with Crippen LogP contribution in [-0.2, 0) is 11.2 Å². The van der Waals surface area contributed by atoms with E-state index in [0.29, 0.717) is 28.9 Å². The van der Waals surface area contributed by atoms with Gasteiger partial charge in [0.1, 0.15) is 11.8 Å². The quantitative estimate of drug-likeness (QED) is 0.361. The number of nitrogens with one attached hydrogen (secondary N) is 1. The van der Waals surface area contributed by atoms with E-state index in [9.17, 15) is 9.59 Å². The molecule has 0 spiro atoms. The first-order chi connectivity index (χ1) is 14.1. The minimum Gasteiger partial charge on any atom is -0.493 e. The Bertz CT molecular complexity index is 1120. The first kappa shape index (κ1) is 19.9. The van der Waals surface area contributed by atoms with Gasteiger partial charge in [0.2, 0.25) is 5.43 Å². The number of methoxy groups -OCH3 is 1. The van der Waals surface area contributed by atoms with Crippen molar-refractivity contribution in [3.05, 3.63) is 82.7 Å². The van der Waals surface area contributed by atoms with E-state index in [4.69, 9.17) is 13.9 Å². The van der Waals surface area contributed by atoms with Gasteiger partial charge in [0.05, 0.1) is 24.3 Å². The first-order valence-corrected chi connectivity index (χ1v) is 8.85. The summed E-state index contributed by atoms with van der Waals surface area (Å²) in [7, 11) is 1.53. The number of fused-ring (bicyclic) bond motifs is 1. The molecule has 29 heavy (non-hydrogen) atoms. The molecule has 1 amide bonds. The van der Waals surface area contributed by atoms with Crippen LogP contribution in [0.15, 0.2) is 75.7 Å². The van der Waals surface area contributed by atoms with E-state index in [1.54, 1.807) is 36.4 Å². The maximum atomic E-state index is 12.4. The average Bonchev–Trinajstić information content (AvgIpc) is 2.74. The monoisotopic (exact) mass is 392 g/mol. The molecule has 0 saturated heterocycles. The number of nitrogens with zero attached hydrogens (tertiary/aromatic N) is 1. The van der Waals surface area contributed by atoms with Crippen LogP contribution in [0.2, 0.25) is 0 Å². The number of carbonyl (C=O) groups is 1. The number of carbonyl (C=O) groups excluding carboxylic acids is 1. The van der Waals surface area contributed by atoms with E-state index < -0.39 is 5.91 Å². The summed E-state index contributed by atoms with van der Waals surface area (Å²) in [6, 6.07) is 12.3. The highest BCUT2D eigenvalue weighted by atomic mass is 16.5. The van der Waals surface area contributed by atoms with Crippen LogP contribution >= 0.6 is 0 Å². The third-order valence-corrected chi connectivity index (χ3v) is 4.07. The highest BCUT2D eigenvalue weighted by Gasteiger charge is 2.09. The minimum absolute atomic E-state index is 0.226. The Morgan fingerprint density at radius 1 is 1.24 bits per heavy atom. The molecule has 0 unspecified atom stereocenters. The van der Waals surface area contributed by atoms with Crippen LogP contribution in [0.5, 0.6) is 11.5 Å². The zero-order chi connectivity index (χ0) is 20.6. The van der Waals surface area contributed by atoms with E-state index in [-0.39, 0.29) is 17.6 Å². The Kier molecular flexibility index (Phi) is 6.42. The lowest BCUT2D eigenvalue weighted by atomic mass is 10.1. The van der Waals surface area contributed by atoms with Gasteiger partial charge in [0, 0.05) is 0 Å². The van der Waals surface area contributed by atoms with Gasteiger partial charge in [0.25, 0.3) is 5.91 Å². The smallest absolute Gasteiger partial charge is 0.277 e. The first-order valence-electron chi connectivity index (χ1n) is 8.85. The molecule has 3 rings (SSSR count). The predicted molar refractivity (Wildman–Crippen MR) is 111 cm³/mol. The van der Waals surface area contributed by atoms with Gasteiger partial charge in [-0.15, -0.1) is 6.58 Å². The number of hydrogen-bond donors (Lipinski definition) is 1. The zero-order valence-electron chi connectivity index (χ0n) is 15.9. The molecule has 2 aromatic carbocycles. The Balaban J connectivity index is 1.60. The molecule has 3 aromatic rings. The number of ether oxygens (including phenoxy) is 2. The largest absolute Gasteiger partial charge is 0.493 e. The van der Waals surface area contributed by atoms with E-state index in [0.717, 1.165) is 5.56 Å². The summed E-state index contributed by atoms with van der Waals surface area (Å²) in [6.07, 6.45) is 5.03. The summed E-state index contributed by atoms with van der Waals surface area (Å²) in [6.45, 7) is 3.44. The fraction of sp³-hybridized carbons (Fsp3) is 0.136. The van der Waals surface area contributed by atoms with Gasteiger partial charge >= 0.3 is 0 Å². The summed E-state index contributed by atoms with van der Waals surface area (Å²) in [5, 5.41) is 4.24. The molecule has 0 fully saturated rings. The molecular formula is C22H20N2O5. The molecule has 148 valence electrons. The number of para-hydroxylation sites is 1. The van der Waals surface area contributed by atoms with Gasteiger partial charge in [-0.25, -0.2) is 5.43 Å². The molecule has 1 N–H and O–H groups in total. The fourth-order valence-electron chi connectivity index (χ4n) is 2.66. The molecule has 7 heteroatoms. The van der Waals surface area contributed by atoms with Gasteiger partial charge < -0.3 is 13.9 Å². The number of hydrogen-bond acceptors (Lipinski definition) is 6. The Morgan fingerprint density at radius 2 is 2.07 bits per heavy atom. The van der Waals surface area contributed by atoms with Gasteiger partial charge in [-0.3, -0.25) is 9.59 Å². The van der Waals surface area contributed by atoms with Crippen LogP contribution in [0, 0.1) is 0 Å². The van der Waals surface area contributed by atoms with E-state index in [1.807, 2.05) is 12.1 Å². The Morgan fingerprint density at radius 3 is 2.86 bits per heavy atom. The van der Waals surface area contributed by atoms with Crippen LogP contribution in [0.1, 0.15) is 11.1 Å². The number of hydrazone groups is 1. The second-order valence-corrected chi connectivity index (χ2v) is 6.08. The molecule has 0 saturated carbocycles. The number of benzene rings is 2. The second-order valence-electron chi connectivity index (χ2n) is 6.08. The van der Waals surface area contributed by atoms with Crippen molar-refractivity contribution in [2.45, 2.75) is 6.42 Å². The SMILES string of the molecule is C=CCc1ccc(OCC(=O)NN=Cc2coc3ccccc3c2=O)c(OC)c1. The number of rotatable bonds is 8. The summed E-state index contributed by atoms with van der Waals surface area (Å²) >= 11 is 0. The molecule has 0 atom stereocenters. The standard InChI is InChI=1S/C22H20N2O5/c1-3-6-15-9-10-19(20(11-15)27-2)29-14-21(25)24-23-12-16-13-28-18-8-5-4-7-17(18)22(16)26/h3-5,7-13H,1,6,14H2,2H3,(H,24,25).